The van der Waals surface area contributed by atoms with E-state index in [1.807, 2.05) is 34.0 Å². The first-order valence-corrected chi connectivity index (χ1v) is 8.49. The minimum atomic E-state index is -0.123. The summed E-state index contributed by atoms with van der Waals surface area (Å²) >= 11 is 3.06. The average Bonchev–Trinajstić information content (AvgIpc) is 2.97. The third kappa shape index (κ3) is 3.76. The Morgan fingerprint density at radius 1 is 1.25 bits per heavy atom. The number of rotatable bonds is 5. The molecule has 2 aromatic rings. The molecule has 0 aliphatic heterocycles. The Kier molecular flexibility index (Phi) is 4.74. The highest BCUT2D eigenvalue weighted by Gasteiger charge is 2.24. The van der Waals surface area contributed by atoms with Gasteiger partial charge in [0.15, 0.2) is 5.82 Å². The second kappa shape index (κ2) is 6.17. The Morgan fingerprint density at radius 3 is 2.60 bits per heavy atom. The maximum absolute atomic E-state index is 5.52. The fourth-order valence-electron chi connectivity index (χ4n) is 1.37. The van der Waals surface area contributed by atoms with Gasteiger partial charge in [0.05, 0.1) is 11.0 Å². The van der Waals surface area contributed by atoms with Gasteiger partial charge in [0.1, 0.15) is 0 Å². The topological polar surface area (TPSA) is 77.8 Å². The van der Waals surface area contributed by atoms with Crippen LogP contribution in [0.15, 0.2) is 14.2 Å². The van der Waals surface area contributed by atoms with Crippen molar-refractivity contribution in [1.82, 2.24) is 20.3 Å². The summed E-state index contributed by atoms with van der Waals surface area (Å²) in [4.78, 5) is 4.43. The third-order valence-corrected chi connectivity index (χ3v) is 3.91. The minimum Gasteiger partial charge on any atom is -0.415 e. The van der Waals surface area contributed by atoms with Crippen molar-refractivity contribution < 1.29 is 8.94 Å². The molecular formula is C12H18N4O2S2. The lowest BCUT2D eigenvalue weighted by Crippen LogP contribution is -2.13. The van der Waals surface area contributed by atoms with E-state index in [1.165, 1.54) is 11.8 Å². The molecule has 0 saturated carbocycles. The summed E-state index contributed by atoms with van der Waals surface area (Å²) in [5.74, 6) is 2.63. The van der Waals surface area contributed by atoms with Gasteiger partial charge in [-0.15, -0.1) is 10.2 Å². The minimum absolute atomic E-state index is 0.0267. The fraction of sp³-hybridized carbons (Fsp3) is 0.667. The van der Waals surface area contributed by atoms with E-state index in [0.717, 1.165) is 5.75 Å². The molecule has 2 heterocycles. The number of nitrogens with zero attached hydrogens (tertiary/aromatic N) is 4. The van der Waals surface area contributed by atoms with Crippen molar-refractivity contribution in [3.05, 3.63) is 17.6 Å². The summed E-state index contributed by atoms with van der Waals surface area (Å²) in [7, 11) is 0. The lowest BCUT2D eigenvalue weighted by Gasteiger charge is -2.11. The molecule has 0 radical (unpaired) electrons. The summed E-state index contributed by atoms with van der Waals surface area (Å²) in [6, 6.07) is 0. The summed E-state index contributed by atoms with van der Waals surface area (Å²) in [6.45, 7) is 8.12. The predicted octanol–water partition coefficient (Wildman–Crippen LogP) is 3.47. The molecule has 20 heavy (non-hydrogen) atoms. The molecule has 1 atom stereocenters. The standard InChI is InChI=1S/C12H18N4O2S2/c1-7(9-13-10(16-18-9)12(2,3)4)20-11-15-14-8(17-11)6-19-5/h7H,6H2,1-5H3. The van der Waals surface area contributed by atoms with Crippen LogP contribution in [0.2, 0.25) is 0 Å². The highest BCUT2D eigenvalue weighted by atomic mass is 32.2. The molecule has 1 unspecified atom stereocenters. The molecule has 2 rings (SSSR count). The monoisotopic (exact) mass is 314 g/mol. The molecule has 2 aromatic heterocycles. The zero-order chi connectivity index (χ0) is 14.8. The Bertz CT molecular complexity index is 562. The van der Waals surface area contributed by atoms with E-state index < -0.39 is 0 Å². The van der Waals surface area contributed by atoms with Crippen LogP contribution in [0, 0.1) is 0 Å². The quantitative estimate of drug-likeness (QED) is 0.776. The Hall–Kier alpha value is -1.02. The van der Waals surface area contributed by atoms with Gasteiger partial charge in [-0.25, -0.2) is 0 Å². The van der Waals surface area contributed by atoms with Gasteiger partial charge in [-0.1, -0.05) is 37.7 Å². The molecule has 0 bridgehead atoms. The van der Waals surface area contributed by atoms with Crippen LogP contribution in [0.4, 0.5) is 0 Å². The van der Waals surface area contributed by atoms with Crippen molar-refractivity contribution in [3.63, 3.8) is 0 Å². The maximum atomic E-state index is 5.52. The average molecular weight is 314 g/mol. The summed E-state index contributed by atoms with van der Waals surface area (Å²) in [5.41, 5.74) is -0.123. The van der Waals surface area contributed by atoms with E-state index in [4.69, 9.17) is 8.94 Å². The van der Waals surface area contributed by atoms with Crippen molar-refractivity contribution >= 4 is 23.5 Å². The molecule has 0 aromatic carbocycles. The first kappa shape index (κ1) is 15.4. The van der Waals surface area contributed by atoms with Crippen LogP contribution in [0.5, 0.6) is 0 Å². The Balaban J connectivity index is 2.03. The van der Waals surface area contributed by atoms with Gasteiger partial charge < -0.3 is 8.94 Å². The first-order valence-electron chi connectivity index (χ1n) is 6.22. The number of hydrogen-bond donors (Lipinski definition) is 0. The van der Waals surface area contributed by atoms with Gasteiger partial charge in [0.25, 0.3) is 5.22 Å². The van der Waals surface area contributed by atoms with Crippen molar-refractivity contribution in [1.29, 1.82) is 0 Å². The molecule has 0 aliphatic rings. The van der Waals surface area contributed by atoms with E-state index in [9.17, 15) is 0 Å². The molecular weight excluding hydrogens is 296 g/mol. The molecule has 0 fully saturated rings. The zero-order valence-electron chi connectivity index (χ0n) is 12.2. The molecule has 0 saturated heterocycles. The van der Waals surface area contributed by atoms with E-state index in [2.05, 4.69) is 20.3 Å². The van der Waals surface area contributed by atoms with Crippen LogP contribution < -0.4 is 0 Å². The smallest absolute Gasteiger partial charge is 0.277 e. The highest BCUT2D eigenvalue weighted by molar-refractivity contribution is 7.99. The molecule has 110 valence electrons. The molecule has 6 nitrogen and oxygen atoms in total. The summed E-state index contributed by atoms with van der Waals surface area (Å²) in [6.07, 6.45) is 1.99. The number of aromatic nitrogens is 4. The summed E-state index contributed by atoms with van der Waals surface area (Å²) < 4.78 is 10.8. The fourth-order valence-corrected chi connectivity index (χ4v) is 2.47. The molecule has 0 spiro atoms. The highest BCUT2D eigenvalue weighted by Crippen LogP contribution is 2.34. The molecule has 0 aliphatic carbocycles. The second-order valence-electron chi connectivity index (χ2n) is 5.36. The van der Waals surface area contributed by atoms with Crippen molar-refractivity contribution in [3.8, 4) is 0 Å². The zero-order valence-corrected chi connectivity index (χ0v) is 13.8. The van der Waals surface area contributed by atoms with Crippen LogP contribution in [0.1, 0.15) is 50.6 Å². The lowest BCUT2D eigenvalue weighted by molar-refractivity contribution is 0.363. The number of hydrogen-bond acceptors (Lipinski definition) is 8. The van der Waals surface area contributed by atoms with Crippen LogP contribution in [-0.2, 0) is 11.2 Å². The van der Waals surface area contributed by atoms with Gasteiger partial charge in [0.2, 0.25) is 11.8 Å². The van der Waals surface area contributed by atoms with E-state index in [1.54, 1.807) is 11.8 Å². The Labute approximate surface area is 126 Å². The summed E-state index contributed by atoms with van der Waals surface area (Å²) in [5, 5.41) is 12.5. The van der Waals surface area contributed by atoms with Gasteiger partial charge >= 0.3 is 0 Å². The SMILES string of the molecule is CSCc1nnc(SC(C)c2nc(C(C)(C)C)no2)o1. The second-order valence-corrected chi connectivity index (χ2v) is 7.52. The molecule has 8 heteroatoms. The molecule has 0 amide bonds. The van der Waals surface area contributed by atoms with Gasteiger partial charge in [-0.05, 0) is 13.2 Å². The Morgan fingerprint density at radius 2 is 2.00 bits per heavy atom. The van der Waals surface area contributed by atoms with Gasteiger partial charge in [-0.3, -0.25) is 0 Å². The van der Waals surface area contributed by atoms with Crippen molar-refractivity contribution in [2.24, 2.45) is 0 Å². The largest absolute Gasteiger partial charge is 0.415 e. The molecule has 0 N–H and O–H groups in total. The van der Waals surface area contributed by atoms with E-state index in [0.29, 0.717) is 22.8 Å². The lowest BCUT2D eigenvalue weighted by atomic mass is 9.96. The van der Waals surface area contributed by atoms with Crippen LogP contribution in [0.25, 0.3) is 0 Å². The van der Waals surface area contributed by atoms with Crippen LogP contribution >= 0.6 is 23.5 Å². The van der Waals surface area contributed by atoms with Crippen molar-refractivity contribution in [2.75, 3.05) is 6.26 Å². The third-order valence-electron chi connectivity index (χ3n) is 2.45. The van der Waals surface area contributed by atoms with E-state index >= 15 is 0 Å². The predicted molar refractivity (Wildman–Crippen MR) is 78.8 cm³/mol. The first-order chi connectivity index (χ1) is 9.40. The van der Waals surface area contributed by atoms with Gasteiger partial charge in [0, 0.05) is 5.41 Å². The van der Waals surface area contributed by atoms with Crippen molar-refractivity contribution in [2.45, 2.75) is 49.3 Å². The number of thioether (sulfide) groups is 2. The van der Waals surface area contributed by atoms with Crippen LogP contribution in [0.3, 0.4) is 0 Å². The van der Waals surface area contributed by atoms with Gasteiger partial charge in [-0.2, -0.15) is 16.7 Å². The maximum Gasteiger partial charge on any atom is 0.277 e. The van der Waals surface area contributed by atoms with E-state index in [-0.39, 0.29) is 10.7 Å². The normalized spacial score (nSPS) is 13.7. The van der Waals surface area contributed by atoms with Crippen LogP contribution in [-0.4, -0.2) is 26.6 Å².